The van der Waals surface area contributed by atoms with Crippen LogP contribution in [0.15, 0.2) is 0 Å². The molecule has 7 heavy (non-hydrogen) atoms. The van der Waals surface area contributed by atoms with Crippen molar-refractivity contribution in [1.82, 2.24) is 0 Å². The molecule has 0 rings (SSSR count). The van der Waals surface area contributed by atoms with E-state index in [-0.39, 0.29) is 25.8 Å². The summed E-state index contributed by atoms with van der Waals surface area (Å²) in [5, 5.41) is 0. The van der Waals surface area contributed by atoms with Gasteiger partial charge in [-0.3, -0.25) is 0 Å². The summed E-state index contributed by atoms with van der Waals surface area (Å²) in [7, 11) is 9.63. The molecule has 0 aliphatic rings. The Morgan fingerprint density at radius 3 is 1.29 bits per heavy atom. The third kappa shape index (κ3) is 88.3. The standard InChI is InChI=1S/C3H8.2ClH.H3P.Pd/c1-3-2;;;;/h3H2,1-2H3;2*1H;1H3;/q;;;;+2/p-2. The Morgan fingerprint density at radius 1 is 1.29 bits per heavy atom. The summed E-state index contributed by atoms with van der Waals surface area (Å²) in [5.74, 6) is 0. The first-order valence-electron chi connectivity index (χ1n) is 1.65. The molecule has 0 aromatic carbocycles. The van der Waals surface area contributed by atoms with Gasteiger partial charge in [0.15, 0.2) is 0 Å². The van der Waals surface area contributed by atoms with Gasteiger partial charge in [-0.05, 0) is 0 Å². The average molecular weight is 255 g/mol. The Morgan fingerprint density at radius 2 is 1.29 bits per heavy atom. The fourth-order valence-electron chi connectivity index (χ4n) is 0. The van der Waals surface area contributed by atoms with Gasteiger partial charge in [0.05, 0.1) is 0 Å². The van der Waals surface area contributed by atoms with Crippen LogP contribution in [0.4, 0.5) is 0 Å². The first kappa shape index (κ1) is 15.9. The van der Waals surface area contributed by atoms with Crippen LogP contribution in [0.5, 0.6) is 0 Å². The van der Waals surface area contributed by atoms with E-state index in [2.05, 4.69) is 13.8 Å². The van der Waals surface area contributed by atoms with Crippen molar-refractivity contribution in [1.29, 1.82) is 0 Å². The van der Waals surface area contributed by atoms with E-state index in [0.29, 0.717) is 0 Å². The molecule has 1 atom stereocenters. The van der Waals surface area contributed by atoms with Crippen LogP contribution >= 0.6 is 29.0 Å². The maximum absolute atomic E-state index is 4.81. The molecule has 4 heteroatoms. The molecule has 0 amide bonds. The second kappa shape index (κ2) is 25.3. The molecule has 0 bridgehead atoms. The molecule has 0 heterocycles. The van der Waals surface area contributed by atoms with Crippen molar-refractivity contribution >= 4 is 29.0 Å². The molecule has 0 nitrogen and oxygen atoms in total. The minimum absolute atomic E-state index is 0. The molecule has 0 radical (unpaired) electrons. The Bertz CT molecular complexity index is 14.9. The van der Waals surface area contributed by atoms with E-state index >= 15 is 0 Å². The SMILES string of the molecule is CCC.P.[Cl][Pd][Cl]. The normalized spacial score (nSPS) is 5.71. The van der Waals surface area contributed by atoms with Crippen molar-refractivity contribution in [3.05, 3.63) is 0 Å². The second-order valence-electron chi connectivity index (χ2n) is 0.752. The van der Waals surface area contributed by atoms with Crippen molar-refractivity contribution in [2.24, 2.45) is 0 Å². The molecule has 0 spiro atoms. The first-order valence-corrected chi connectivity index (χ1v) is 5.66. The van der Waals surface area contributed by atoms with Crippen LogP contribution in [0.1, 0.15) is 20.3 Å². The molecule has 0 N–H and O–H groups in total. The number of hydrogen-bond donors (Lipinski definition) is 0. The van der Waals surface area contributed by atoms with Gasteiger partial charge in [-0.2, -0.15) is 9.90 Å². The van der Waals surface area contributed by atoms with Gasteiger partial charge in [-0.1, -0.05) is 20.3 Å². The van der Waals surface area contributed by atoms with Crippen LogP contribution in [-0.2, 0) is 15.9 Å². The Kier molecular flexibility index (Phi) is 57.4. The van der Waals surface area contributed by atoms with Gasteiger partial charge in [-0.15, -0.1) is 0 Å². The zero-order chi connectivity index (χ0) is 5.41. The van der Waals surface area contributed by atoms with Crippen LogP contribution in [0.3, 0.4) is 0 Å². The van der Waals surface area contributed by atoms with Crippen LogP contribution in [0.2, 0.25) is 0 Å². The molecule has 0 aliphatic carbocycles. The summed E-state index contributed by atoms with van der Waals surface area (Å²) >= 11 is -0.106. The topological polar surface area (TPSA) is 0 Å². The van der Waals surface area contributed by atoms with Gasteiger partial charge in [0.2, 0.25) is 0 Å². The Hall–Kier alpha value is 1.67. The molecular formula is C3H11Cl2PPd. The first-order chi connectivity index (χ1) is 2.83. The van der Waals surface area contributed by atoms with Crippen molar-refractivity contribution in [3.63, 3.8) is 0 Å². The van der Waals surface area contributed by atoms with Gasteiger partial charge in [0.1, 0.15) is 0 Å². The van der Waals surface area contributed by atoms with E-state index in [4.69, 9.17) is 19.1 Å². The predicted molar refractivity (Wildman–Crippen MR) is 38.8 cm³/mol. The molecule has 0 fully saturated rings. The van der Waals surface area contributed by atoms with E-state index in [0.717, 1.165) is 0 Å². The van der Waals surface area contributed by atoms with E-state index in [9.17, 15) is 0 Å². The summed E-state index contributed by atoms with van der Waals surface area (Å²) in [6.07, 6.45) is 1.25. The maximum atomic E-state index is 4.81. The van der Waals surface area contributed by atoms with Crippen LogP contribution < -0.4 is 0 Å². The van der Waals surface area contributed by atoms with Gasteiger partial charge in [0.25, 0.3) is 0 Å². The third-order valence-corrected chi connectivity index (χ3v) is 0. The van der Waals surface area contributed by atoms with Crippen molar-refractivity contribution < 1.29 is 15.9 Å². The quantitative estimate of drug-likeness (QED) is 0.461. The van der Waals surface area contributed by atoms with E-state index in [1.165, 1.54) is 6.42 Å². The monoisotopic (exact) mass is 254 g/mol. The minimum atomic E-state index is -0.106. The molecule has 52 valence electrons. The van der Waals surface area contributed by atoms with Gasteiger partial charge < -0.3 is 0 Å². The summed E-state index contributed by atoms with van der Waals surface area (Å²) in [6, 6.07) is 0. The van der Waals surface area contributed by atoms with E-state index in [1.54, 1.807) is 0 Å². The molecule has 1 unspecified atom stereocenters. The fourth-order valence-corrected chi connectivity index (χ4v) is 0. The summed E-state index contributed by atoms with van der Waals surface area (Å²) in [6.45, 7) is 4.25. The summed E-state index contributed by atoms with van der Waals surface area (Å²) in [5.41, 5.74) is 0. The van der Waals surface area contributed by atoms with E-state index in [1.807, 2.05) is 0 Å². The fraction of sp³-hybridized carbons (Fsp3) is 1.00. The molecular weight excluding hydrogens is 244 g/mol. The number of rotatable bonds is 0. The Labute approximate surface area is 65.1 Å². The van der Waals surface area contributed by atoms with Gasteiger partial charge >= 0.3 is 35.0 Å². The molecule has 0 aromatic rings. The summed E-state index contributed by atoms with van der Waals surface area (Å²) < 4.78 is 0. The Balaban J connectivity index is -0.0000000400. The predicted octanol–water partition coefficient (Wildman–Crippen LogP) is 2.85. The van der Waals surface area contributed by atoms with Gasteiger partial charge in [-0.25, -0.2) is 0 Å². The van der Waals surface area contributed by atoms with Crippen molar-refractivity contribution in [2.75, 3.05) is 0 Å². The van der Waals surface area contributed by atoms with Crippen molar-refractivity contribution in [3.8, 4) is 0 Å². The molecule has 0 aromatic heterocycles. The summed E-state index contributed by atoms with van der Waals surface area (Å²) in [4.78, 5) is 0. The molecule has 0 saturated carbocycles. The van der Waals surface area contributed by atoms with Crippen LogP contribution in [0.25, 0.3) is 0 Å². The average Bonchev–Trinajstić information content (AvgIpc) is 1.39. The molecule has 0 aliphatic heterocycles. The van der Waals surface area contributed by atoms with Gasteiger partial charge in [0, 0.05) is 0 Å². The van der Waals surface area contributed by atoms with Crippen LogP contribution in [0, 0.1) is 0 Å². The zero-order valence-corrected chi connectivity index (χ0v) is 8.97. The number of halogens is 2. The number of hydrogen-bond acceptors (Lipinski definition) is 0. The molecule has 0 saturated heterocycles. The third-order valence-electron chi connectivity index (χ3n) is 0. The second-order valence-corrected chi connectivity index (χ2v) is 3.11. The van der Waals surface area contributed by atoms with Crippen LogP contribution in [-0.4, -0.2) is 0 Å². The van der Waals surface area contributed by atoms with Crippen molar-refractivity contribution in [2.45, 2.75) is 20.3 Å². The van der Waals surface area contributed by atoms with E-state index < -0.39 is 0 Å². The zero-order valence-electron chi connectivity index (χ0n) is 4.49.